The highest BCUT2D eigenvalue weighted by Gasteiger charge is 2.67. The van der Waals surface area contributed by atoms with Crippen LogP contribution in [0.5, 0.6) is 0 Å². The molecule has 1 saturated carbocycles. The molecule has 13 heteroatoms. The fourth-order valence-electron chi connectivity index (χ4n) is 4.70. The minimum atomic E-state index is -4.85. The average molecular weight is 663 g/mol. The number of benzene rings is 3. The first-order chi connectivity index (χ1) is 20.0. The van der Waals surface area contributed by atoms with Gasteiger partial charge in [0.15, 0.2) is 5.78 Å². The van der Waals surface area contributed by atoms with Crippen molar-refractivity contribution in [3.63, 3.8) is 0 Å². The lowest BCUT2D eigenvalue weighted by Crippen LogP contribution is -2.17. The molecule has 43 heavy (non-hydrogen) atoms. The topological polar surface area (TPSA) is 63.2 Å². The Morgan fingerprint density at radius 3 is 2.33 bits per heavy atom. The molecular formula is C30H20Cl3F6NO3. The molecule has 3 aromatic carbocycles. The smallest absolute Gasteiger partial charge is 0.326 e. The molecule has 1 N–H and O–H groups in total. The van der Waals surface area contributed by atoms with E-state index in [0.717, 1.165) is 18.2 Å². The molecule has 0 spiro atoms. The molecule has 1 aliphatic carbocycles. The second-order valence-corrected chi connectivity index (χ2v) is 11.7. The number of ketones is 2. The number of allylic oxidation sites excluding steroid dienone is 1. The summed E-state index contributed by atoms with van der Waals surface area (Å²) in [4.78, 5) is 38.0. The van der Waals surface area contributed by atoms with Gasteiger partial charge in [0.1, 0.15) is 27.6 Å². The van der Waals surface area contributed by atoms with Crippen LogP contribution in [0.2, 0.25) is 5.02 Å². The number of hydrogen-bond acceptors (Lipinski definition) is 3. The standard InChI is InChI=1S/C30H20Cl3F6NO3/c1-2-3-19(41)13-21-23(35)7-4-14(27(21)36)10-24(42)20-12-18(5-6-22(20)31)40-28(43)26-25(29(26,32)33)15-8-16(30(37,38)39)11-17(34)9-15/h2,4-9,11-12,25-26H,1,3,10,13H2,(H,40,43)/t25-,26+/m0/s1. The number of Topliss-reactive ketones (excluding diaryl/α,β-unsaturated/α-hetero) is 2. The monoisotopic (exact) mass is 661 g/mol. The molecule has 4 rings (SSSR count). The fourth-order valence-corrected chi connectivity index (χ4v) is 5.75. The molecule has 0 heterocycles. The number of rotatable bonds is 10. The maximum atomic E-state index is 15.1. The van der Waals surface area contributed by atoms with E-state index in [0.29, 0.717) is 12.1 Å². The molecule has 2 atom stereocenters. The van der Waals surface area contributed by atoms with E-state index in [9.17, 15) is 36.3 Å². The first-order valence-corrected chi connectivity index (χ1v) is 13.7. The Labute approximate surface area is 256 Å². The van der Waals surface area contributed by atoms with Crippen molar-refractivity contribution in [2.24, 2.45) is 5.92 Å². The van der Waals surface area contributed by atoms with Crippen LogP contribution in [0.3, 0.4) is 0 Å². The minimum absolute atomic E-state index is 0.0260. The molecule has 0 radical (unpaired) electrons. The van der Waals surface area contributed by atoms with Gasteiger partial charge in [0.05, 0.1) is 16.5 Å². The molecule has 1 aliphatic rings. The molecule has 0 aliphatic heterocycles. The number of nitrogens with one attached hydrogen (secondary N) is 1. The van der Waals surface area contributed by atoms with Gasteiger partial charge in [-0.25, -0.2) is 13.2 Å². The van der Waals surface area contributed by atoms with Crippen LogP contribution in [0.4, 0.5) is 32.0 Å². The summed E-state index contributed by atoms with van der Waals surface area (Å²) in [7, 11) is 0. The summed E-state index contributed by atoms with van der Waals surface area (Å²) in [6.45, 7) is 3.41. The van der Waals surface area contributed by atoms with E-state index in [-0.39, 0.29) is 33.8 Å². The molecule has 3 aromatic rings. The number of hydrogen-bond donors (Lipinski definition) is 1. The van der Waals surface area contributed by atoms with Crippen LogP contribution in [-0.4, -0.2) is 21.8 Å². The van der Waals surface area contributed by atoms with E-state index in [2.05, 4.69) is 11.9 Å². The molecule has 1 fully saturated rings. The summed E-state index contributed by atoms with van der Waals surface area (Å²) in [5.41, 5.74) is -2.29. The Morgan fingerprint density at radius 1 is 0.977 bits per heavy atom. The molecule has 4 nitrogen and oxygen atoms in total. The second-order valence-electron chi connectivity index (χ2n) is 9.89. The summed E-state index contributed by atoms with van der Waals surface area (Å²) in [5, 5.41) is 2.41. The predicted molar refractivity (Wildman–Crippen MR) is 150 cm³/mol. The first-order valence-electron chi connectivity index (χ1n) is 12.5. The molecule has 226 valence electrons. The summed E-state index contributed by atoms with van der Waals surface area (Å²) in [6.07, 6.45) is -4.74. The zero-order valence-corrected chi connectivity index (χ0v) is 24.1. The van der Waals surface area contributed by atoms with Gasteiger partial charge in [-0.15, -0.1) is 29.8 Å². The van der Waals surface area contributed by atoms with Gasteiger partial charge in [0.25, 0.3) is 0 Å². The van der Waals surface area contributed by atoms with Gasteiger partial charge in [0, 0.05) is 42.0 Å². The van der Waals surface area contributed by atoms with E-state index in [4.69, 9.17) is 34.8 Å². The van der Waals surface area contributed by atoms with Crippen molar-refractivity contribution in [1.29, 1.82) is 0 Å². The van der Waals surface area contributed by atoms with Crippen LogP contribution in [0.25, 0.3) is 0 Å². The third-order valence-electron chi connectivity index (χ3n) is 6.84. The van der Waals surface area contributed by atoms with Crippen LogP contribution in [0.1, 0.15) is 45.0 Å². The van der Waals surface area contributed by atoms with Gasteiger partial charge in [0.2, 0.25) is 5.91 Å². The molecule has 0 unspecified atom stereocenters. The molecule has 0 aromatic heterocycles. The van der Waals surface area contributed by atoms with Gasteiger partial charge in [-0.05, 0) is 53.6 Å². The van der Waals surface area contributed by atoms with Gasteiger partial charge in [-0.1, -0.05) is 23.7 Å². The number of amides is 1. The Morgan fingerprint density at radius 2 is 1.67 bits per heavy atom. The lowest BCUT2D eigenvalue weighted by molar-refractivity contribution is -0.137. The quantitative estimate of drug-likeness (QED) is 0.103. The summed E-state index contributed by atoms with van der Waals surface area (Å²) in [5.74, 6) is -7.65. The van der Waals surface area contributed by atoms with Crippen molar-refractivity contribution in [2.75, 3.05) is 5.32 Å². The van der Waals surface area contributed by atoms with Crippen LogP contribution in [0, 0.1) is 23.4 Å². The summed E-state index contributed by atoms with van der Waals surface area (Å²) < 4.78 is 80.9. The highest BCUT2D eigenvalue weighted by atomic mass is 35.5. The lowest BCUT2D eigenvalue weighted by atomic mass is 9.97. The van der Waals surface area contributed by atoms with E-state index in [1.54, 1.807) is 0 Å². The SMILES string of the molecule is C=CCC(=O)Cc1c(F)ccc(CC(=O)c2cc(NC(=O)[C@H]3[C@H](c4cc(F)cc(C(F)(F)F)c4)C3(Cl)Cl)ccc2Cl)c1F. The Kier molecular flexibility index (Phi) is 9.35. The van der Waals surface area contributed by atoms with Gasteiger partial charge in [-0.3, -0.25) is 14.4 Å². The van der Waals surface area contributed by atoms with Crippen LogP contribution < -0.4 is 5.32 Å². The van der Waals surface area contributed by atoms with Crippen molar-refractivity contribution in [1.82, 2.24) is 0 Å². The maximum Gasteiger partial charge on any atom is 0.416 e. The van der Waals surface area contributed by atoms with Crippen molar-refractivity contribution in [2.45, 2.75) is 35.7 Å². The zero-order valence-electron chi connectivity index (χ0n) is 21.8. The van der Waals surface area contributed by atoms with E-state index < -0.39 is 81.2 Å². The van der Waals surface area contributed by atoms with Crippen molar-refractivity contribution < 1.29 is 40.7 Å². The first kappa shape index (κ1) is 32.6. The van der Waals surface area contributed by atoms with Crippen LogP contribution >= 0.6 is 34.8 Å². The normalized spacial score (nSPS) is 17.3. The highest BCUT2D eigenvalue weighted by molar-refractivity contribution is 6.53. The number of halogens is 9. The van der Waals surface area contributed by atoms with E-state index >= 15 is 4.39 Å². The van der Waals surface area contributed by atoms with Gasteiger partial charge in [-0.2, -0.15) is 13.2 Å². The van der Waals surface area contributed by atoms with Crippen molar-refractivity contribution >= 4 is 58.0 Å². The molecule has 0 saturated heterocycles. The van der Waals surface area contributed by atoms with Crippen LogP contribution in [0.15, 0.2) is 61.2 Å². The number of carbonyl (C=O) groups excluding carboxylic acids is 3. The van der Waals surface area contributed by atoms with Crippen LogP contribution in [-0.2, 0) is 28.6 Å². The number of alkyl halides is 5. The van der Waals surface area contributed by atoms with Gasteiger partial charge >= 0.3 is 6.18 Å². The predicted octanol–water partition coefficient (Wildman–Crippen LogP) is 8.42. The zero-order chi connectivity index (χ0) is 31.9. The molecule has 1 amide bonds. The fraction of sp³-hybridized carbons (Fsp3) is 0.233. The summed E-state index contributed by atoms with van der Waals surface area (Å²) in [6, 6.07) is 7.55. The van der Waals surface area contributed by atoms with E-state index in [1.165, 1.54) is 24.3 Å². The largest absolute Gasteiger partial charge is 0.416 e. The number of anilines is 1. The summed E-state index contributed by atoms with van der Waals surface area (Å²) >= 11 is 18.6. The van der Waals surface area contributed by atoms with Crippen molar-refractivity contribution in [3.8, 4) is 0 Å². The molecule has 0 bridgehead atoms. The minimum Gasteiger partial charge on any atom is -0.326 e. The Hall–Kier alpha value is -3.34. The Bertz CT molecular complexity index is 1640. The second kappa shape index (κ2) is 12.3. The van der Waals surface area contributed by atoms with Gasteiger partial charge < -0.3 is 5.32 Å². The number of carbonyl (C=O) groups is 3. The maximum absolute atomic E-state index is 15.1. The molecular weight excluding hydrogens is 643 g/mol. The lowest BCUT2D eigenvalue weighted by Gasteiger charge is -2.11. The highest BCUT2D eigenvalue weighted by Crippen LogP contribution is 2.65. The Balaban J connectivity index is 1.53. The third-order valence-corrected chi connectivity index (χ3v) is 8.11. The van der Waals surface area contributed by atoms with Crippen molar-refractivity contribution in [3.05, 3.63) is 111 Å². The van der Waals surface area contributed by atoms with E-state index in [1.807, 2.05) is 0 Å². The third kappa shape index (κ3) is 7.08. The average Bonchev–Trinajstić information content (AvgIpc) is 3.50.